The molecule has 0 aliphatic heterocycles. The maximum atomic E-state index is 2.57. The molecule has 3 heteroatoms. The van der Waals surface area contributed by atoms with Crippen molar-refractivity contribution < 1.29 is 0 Å². The van der Waals surface area contributed by atoms with E-state index >= 15 is 0 Å². The summed E-state index contributed by atoms with van der Waals surface area (Å²) in [5.74, 6) is 3.87. The van der Waals surface area contributed by atoms with Gasteiger partial charge in [0.25, 0.3) is 0 Å². The maximum absolute atomic E-state index is 2.57. The van der Waals surface area contributed by atoms with Gasteiger partial charge in [0.2, 0.25) is 0 Å². The van der Waals surface area contributed by atoms with E-state index in [2.05, 4.69) is 75.1 Å². The molecule has 0 spiro atoms. The van der Waals surface area contributed by atoms with E-state index in [-0.39, 0.29) is 0 Å². The molecule has 0 atom stereocenters. The van der Waals surface area contributed by atoms with Crippen LogP contribution in [0.25, 0.3) is 0 Å². The zero-order valence-corrected chi connectivity index (χ0v) is 37.0. The van der Waals surface area contributed by atoms with E-state index in [0.29, 0.717) is 0 Å². The van der Waals surface area contributed by atoms with Crippen LogP contribution in [0.15, 0.2) is 26.8 Å². The van der Waals surface area contributed by atoms with Crippen molar-refractivity contribution in [3.63, 3.8) is 0 Å². The first-order valence-electron chi connectivity index (χ1n) is 22.8. The van der Waals surface area contributed by atoms with E-state index in [1.54, 1.807) is 20.2 Å². The lowest BCUT2D eigenvalue weighted by atomic mass is 10.1. The van der Waals surface area contributed by atoms with Crippen LogP contribution in [-0.4, -0.2) is 17.3 Å². The lowest BCUT2D eigenvalue weighted by molar-refractivity contribution is 0.555. The van der Waals surface area contributed by atoms with Gasteiger partial charge in [-0.3, -0.25) is 0 Å². The third-order valence-electron chi connectivity index (χ3n) is 10.5. The van der Waals surface area contributed by atoms with Crippen LogP contribution in [0.4, 0.5) is 0 Å². The van der Waals surface area contributed by atoms with Crippen LogP contribution in [0.3, 0.4) is 0 Å². The molecule has 0 bridgehead atoms. The molecule has 0 N–H and O–H groups in total. The minimum Gasteiger partial charge on any atom is -0.125 e. The topological polar surface area (TPSA) is 0 Å². The van der Waals surface area contributed by atoms with Gasteiger partial charge in [-0.05, 0) is 60.6 Å². The first-order valence-corrected chi connectivity index (χ1v) is 25.8. The first kappa shape index (κ1) is 48.3. The molecule has 0 amide bonds. The molecular formula is C47H88S3. The third-order valence-corrected chi connectivity index (χ3v) is 14.2. The molecule has 0 saturated carbocycles. The van der Waals surface area contributed by atoms with Crippen molar-refractivity contribution >= 4 is 35.3 Å². The van der Waals surface area contributed by atoms with Crippen molar-refractivity contribution in [1.82, 2.24) is 0 Å². The summed E-state index contributed by atoms with van der Waals surface area (Å²) < 4.78 is 0. The van der Waals surface area contributed by atoms with Crippen LogP contribution < -0.4 is 0 Å². The Hall–Kier alpha value is 0.270. The van der Waals surface area contributed by atoms with E-state index in [4.69, 9.17) is 0 Å². The number of benzene rings is 1. The number of rotatable bonds is 40. The molecule has 1 aromatic carbocycles. The molecule has 1 rings (SSSR count). The van der Waals surface area contributed by atoms with Gasteiger partial charge in [-0.25, -0.2) is 0 Å². The smallest absolute Gasteiger partial charge is 0.0344 e. The molecule has 0 unspecified atom stereocenters. The van der Waals surface area contributed by atoms with Crippen LogP contribution >= 0.6 is 35.3 Å². The molecule has 0 heterocycles. The number of hydrogen-bond donors (Lipinski definition) is 0. The van der Waals surface area contributed by atoms with Gasteiger partial charge in [0.05, 0.1) is 0 Å². The van der Waals surface area contributed by atoms with Gasteiger partial charge in [-0.2, -0.15) is 0 Å². The minimum atomic E-state index is 1.15. The van der Waals surface area contributed by atoms with Gasteiger partial charge in [0.15, 0.2) is 0 Å². The fourth-order valence-electron chi connectivity index (χ4n) is 7.03. The SMILES string of the molecule is CCCCCCCCCCCCCSc1cc(CC)cc(SCCCCCCCCCCCCC)c1SCCCCCCCCCCCCC. The average molecular weight is 749 g/mol. The van der Waals surface area contributed by atoms with E-state index < -0.39 is 0 Å². The Morgan fingerprint density at radius 1 is 0.300 bits per heavy atom. The Bertz CT molecular complexity index is 772. The third kappa shape index (κ3) is 29.7. The molecule has 0 radical (unpaired) electrons. The fraction of sp³-hybridized carbons (Fsp3) is 0.872. The lowest BCUT2D eigenvalue weighted by Crippen LogP contribution is -1.94. The normalized spacial score (nSPS) is 11.6. The highest BCUT2D eigenvalue weighted by Gasteiger charge is 2.13. The second-order valence-corrected chi connectivity index (χ2v) is 18.8. The van der Waals surface area contributed by atoms with Gasteiger partial charge < -0.3 is 0 Å². The minimum absolute atomic E-state index is 1.15. The Balaban J connectivity index is 2.51. The summed E-state index contributed by atoms with van der Waals surface area (Å²) in [5, 5.41) is 0. The predicted octanol–water partition coefficient (Wildman–Crippen LogP) is 18.5. The number of hydrogen-bond acceptors (Lipinski definition) is 3. The van der Waals surface area contributed by atoms with E-state index in [0.717, 1.165) is 6.42 Å². The molecule has 0 aromatic heterocycles. The second-order valence-electron chi connectivity index (χ2n) is 15.4. The number of thioether (sulfide) groups is 3. The monoisotopic (exact) mass is 749 g/mol. The van der Waals surface area contributed by atoms with Crippen molar-refractivity contribution in [2.75, 3.05) is 17.3 Å². The van der Waals surface area contributed by atoms with Crippen LogP contribution in [0.1, 0.15) is 245 Å². The molecule has 294 valence electrons. The summed E-state index contributed by atoms with van der Waals surface area (Å²) in [5.41, 5.74) is 1.55. The van der Waals surface area contributed by atoms with Crippen molar-refractivity contribution in [3.05, 3.63) is 17.7 Å². The largest absolute Gasteiger partial charge is 0.125 e. The standard InChI is InChI=1S/C47H88S3/c1-5-9-12-15-18-21-24-27-30-33-36-39-48-45-42-44(8-4)43-46(49-40-37-34-31-28-25-22-19-16-13-10-6-2)47(45)50-41-38-35-32-29-26-23-20-17-14-11-7-3/h42-43H,5-41H2,1-4H3. The summed E-state index contributed by atoms with van der Waals surface area (Å²) in [7, 11) is 0. The summed E-state index contributed by atoms with van der Waals surface area (Å²) in [6.07, 6.45) is 48.4. The summed E-state index contributed by atoms with van der Waals surface area (Å²) in [4.78, 5) is 4.84. The molecule has 0 aliphatic carbocycles. The van der Waals surface area contributed by atoms with E-state index in [1.165, 1.54) is 229 Å². The highest BCUT2D eigenvalue weighted by Crippen LogP contribution is 2.41. The number of aryl methyl sites for hydroxylation is 1. The Morgan fingerprint density at radius 3 is 0.800 bits per heavy atom. The zero-order valence-electron chi connectivity index (χ0n) is 34.5. The number of unbranched alkanes of at least 4 members (excludes halogenated alkanes) is 30. The molecular weight excluding hydrogens is 661 g/mol. The second kappa shape index (κ2) is 39.0. The van der Waals surface area contributed by atoms with Gasteiger partial charge in [0, 0.05) is 14.7 Å². The van der Waals surface area contributed by atoms with E-state index in [1.807, 2.05) is 0 Å². The summed E-state index contributed by atoms with van der Waals surface area (Å²) >= 11 is 6.56. The van der Waals surface area contributed by atoms with Gasteiger partial charge in [-0.1, -0.05) is 220 Å². The molecule has 0 nitrogen and oxygen atoms in total. The first-order chi connectivity index (χ1) is 24.8. The Morgan fingerprint density at radius 2 is 0.540 bits per heavy atom. The van der Waals surface area contributed by atoms with Gasteiger partial charge in [0.1, 0.15) is 0 Å². The Labute approximate surface area is 329 Å². The van der Waals surface area contributed by atoms with Crippen molar-refractivity contribution in [2.45, 2.75) is 261 Å². The average Bonchev–Trinajstić information content (AvgIpc) is 3.13. The van der Waals surface area contributed by atoms with Crippen LogP contribution in [-0.2, 0) is 6.42 Å². The van der Waals surface area contributed by atoms with Crippen molar-refractivity contribution in [3.8, 4) is 0 Å². The Kier molecular flexibility index (Phi) is 37.6. The fourth-order valence-corrected chi connectivity index (χ4v) is 10.8. The quantitative estimate of drug-likeness (QED) is 0.0484. The maximum Gasteiger partial charge on any atom is 0.0344 e. The van der Waals surface area contributed by atoms with Crippen molar-refractivity contribution in [1.29, 1.82) is 0 Å². The molecule has 50 heavy (non-hydrogen) atoms. The highest BCUT2D eigenvalue weighted by molar-refractivity contribution is 8.03. The molecule has 1 aromatic rings. The summed E-state index contributed by atoms with van der Waals surface area (Å²) in [6.45, 7) is 9.30. The van der Waals surface area contributed by atoms with Crippen LogP contribution in [0, 0.1) is 0 Å². The van der Waals surface area contributed by atoms with Crippen LogP contribution in [0.5, 0.6) is 0 Å². The predicted molar refractivity (Wildman–Crippen MR) is 237 cm³/mol. The molecule has 0 saturated heterocycles. The van der Waals surface area contributed by atoms with Crippen LogP contribution in [0.2, 0.25) is 0 Å². The van der Waals surface area contributed by atoms with E-state index in [9.17, 15) is 0 Å². The summed E-state index contributed by atoms with van der Waals surface area (Å²) in [6, 6.07) is 5.14. The molecule has 0 aliphatic rings. The highest BCUT2D eigenvalue weighted by atomic mass is 32.2. The van der Waals surface area contributed by atoms with Crippen molar-refractivity contribution in [2.24, 2.45) is 0 Å². The van der Waals surface area contributed by atoms with Gasteiger partial charge in [-0.15, -0.1) is 35.3 Å². The van der Waals surface area contributed by atoms with Gasteiger partial charge >= 0.3 is 0 Å². The lowest BCUT2D eigenvalue weighted by Gasteiger charge is -2.16. The molecule has 0 fully saturated rings. The zero-order chi connectivity index (χ0) is 36.0.